The summed E-state index contributed by atoms with van der Waals surface area (Å²) >= 11 is 0. The summed E-state index contributed by atoms with van der Waals surface area (Å²) in [5.74, 6) is 0.772. The fourth-order valence-corrected chi connectivity index (χ4v) is 3.35. The molecule has 20 heavy (non-hydrogen) atoms. The van der Waals surface area contributed by atoms with E-state index in [0.717, 1.165) is 45.3 Å². The van der Waals surface area contributed by atoms with Gasteiger partial charge in [0, 0.05) is 50.8 Å². The summed E-state index contributed by atoms with van der Waals surface area (Å²) < 4.78 is 5.43. The van der Waals surface area contributed by atoms with Gasteiger partial charge in [0.15, 0.2) is 0 Å². The van der Waals surface area contributed by atoms with Crippen LogP contribution in [0.4, 0.5) is 0 Å². The average molecular weight is 283 g/mol. The monoisotopic (exact) mass is 283 g/mol. The highest BCUT2D eigenvalue weighted by Gasteiger charge is 2.32. The van der Waals surface area contributed by atoms with E-state index in [9.17, 15) is 0 Å². The molecule has 0 radical (unpaired) electrons. The maximum atomic E-state index is 5.43. The minimum atomic E-state index is 0.249. The van der Waals surface area contributed by atoms with Crippen LogP contribution in [0, 0.1) is 5.92 Å². The SMILES string of the molecule is CC(C)CC1CNC(C)(C)CN1CCN1CCOCC1. The van der Waals surface area contributed by atoms with Crippen molar-refractivity contribution in [1.29, 1.82) is 0 Å². The second-order valence-corrected chi connectivity index (χ2v) is 7.47. The number of hydrogen-bond acceptors (Lipinski definition) is 4. The second-order valence-electron chi connectivity index (χ2n) is 7.47. The normalized spacial score (nSPS) is 28.9. The molecule has 0 saturated carbocycles. The van der Waals surface area contributed by atoms with Gasteiger partial charge in [0.2, 0.25) is 0 Å². The fourth-order valence-electron chi connectivity index (χ4n) is 3.35. The van der Waals surface area contributed by atoms with E-state index in [1.165, 1.54) is 19.5 Å². The Morgan fingerprint density at radius 1 is 1.20 bits per heavy atom. The molecule has 0 amide bonds. The first-order valence-corrected chi connectivity index (χ1v) is 8.25. The molecule has 4 nitrogen and oxygen atoms in total. The van der Waals surface area contributed by atoms with Crippen molar-refractivity contribution in [3.8, 4) is 0 Å². The van der Waals surface area contributed by atoms with Crippen LogP contribution < -0.4 is 5.32 Å². The van der Waals surface area contributed by atoms with Gasteiger partial charge in [0.25, 0.3) is 0 Å². The van der Waals surface area contributed by atoms with E-state index in [1.807, 2.05) is 0 Å². The molecule has 0 bridgehead atoms. The first kappa shape index (κ1) is 16.2. The molecule has 0 aromatic heterocycles. The highest BCUT2D eigenvalue weighted by atomic mass is 16.5. The summed E-state index contributed by atoms with van der Waals surface area (Å²) in [7, 11) is 0. The minimum absolute atomic E-state index is 0.249. The van der Waals surface area contributed by atoms with Crippen molar-refractivity contribution >= 4 is 0 Å². The van der Waals surface area contributed by atoms with Crippen molar-refractivity contribution in [2.75, 3.05) is 52.5 Å². The van der Waals surface area contributed by atoms with Gasteiger partial charge < -0.3 is 10.1 Å². The zero-order valence-electron chi connectivity index (χ0n) is 13.8. The Kier molecular flexibility index (Phi) is 5.84. The summed E-state index contributed by atoms with van der Waals surface area (Å²) in [6.07, 6.45) is 1.30. The third-order valence-electron chi connectivity index (χ3n) is 4.48. The Morgan fingerprint density at radius 3 is 2.55 bits per heavy atom. The molecule has 1 N–H and O–H groups in total. The predicted octanol–water partition coefficient (Wildman–Crippen LogP) is 1.42. The van der Waals surface area contributed by atoms with Crippen LogP contribution in [-0.2, 0) is 4.74 Å². The van der Waals surface area contributed by atoms with Crippen LogP contribution in [0.3, 0.4) is 0 Å². The number of ether oxygens (including phenoxy) is 1. The van der Waals surface area contributed by atoms with Crippen molar-refractivity contribution in [2.24, 2.45) is 5.92 Å². The average Bonchev–Trinajstić information content (AvgIpc) is 2.39. The van der Waals surface area contributed by atoms with Gasteiger partial charge in [-0.1, -0.05) is 13.8 Å². The van der Waals surface area contributed by atoms with Gasteiger partial charge in [-0.05, 0) is 26.2 Å². The van der Waals surface area contributed by atoms with Gasteiger partial charge in [-0.25, -0.2) is 0 Å². The number of morpholine rings is 1. The van der Waals surface area contributed by atoms with Crippen LogP contribution in [0.15, 0.2) is 0 Å². The maximum Gasteiger partial charge on any atom is 0.0594 e. The molecule has 2 rings (SSSR count). The molecular formula is C16H33N3O. The zero-order chi connectivity index (χ0) is 14.6. The maximum absolute atomic E-state index is 5.43. The molecular weight excluding hydrogens is 250 g/mol. The molecule has 2 fully saturated rings. The van der Waals surface area contributed by atoms with Crippen LogP contribution in [0.25, 0.3) is 0 Å². The van der Waals surface area contributed by atoms with Crippen molar-refractivity contribution in [3.63, 3.8) is 0 Å². The van der Waals surface area contributed by atoms with Crippen molar-refractivity contribution < 1.29 is 4.74 Å². The third-order valence-corrected chi connectivity index (χ3v) is 4.48. The lowest BCUT2D eigenvalue weighted by atomic mass is 9.94. The summed E-state index contributed by atoms with van der Waals surface area (Å²) in [4.78, 5) is 5.26. The van der Waals surface area contributed by atoms with Gasteiger partial charge in [-0.3, -0.25) is 9.80 Å². The van der Waals surface area contributed by atoms with E-state index in [1.54, 1.807) is 0 Å². The lowest BCUT2D eigenvalue weighted by Gasteiger charge is -2.46. The van der Waals surface area contributed by atoms with Gasteiger partial charge in [0.05, 0.1) is 13.2 Å². The molecule has 0 aliphatic carbocycles. The number of rotatable bonds is 5. The number of piperazine rings is 1. The van der Waals surface area contributed by atoms with E-state index in [4.69, 9.17) is 4.74 Å². The Bertz CT molecular complexity index is 287. The Labute approximate surface area is 124 Å². The molecule has 2 aliphatic heterocycles. The van der Waals surface area contributed by atoms with E-state index in [0.29, 0.717) is 6.04 Å². The predicted molar refractivity (Wildman–Crippen MR) is 84.2 cm³/mol. The summed E-state index contributed by atoms with van der Waals surface area (Å²) in [5, 5.41) is 3.71. The highest BCUT2D eigenvalue weighted by molar-refractivity contribution is 4.92. The molecule has 4 heteroatoms. The Morgan fingerprint density at radius 2 is 1.90 bits per heavy atom. The lowest BCUT2D eigenvalue weighted by Crippen LogP contribution is -2.62. The summed E-state index contributed by atoms with van der Waals surface area (Å²) in [6.45, 7) is 18.0. The lowest BCUT2D eigenvalue weighted by molar-refractivity contribution is 0.0214. The van der Waals surface area contributed by atoms with Gasteiger partial charge in [-0.15, -0.1) is 0 Å². The number of nitrogens with one attached hydrogen (secondary N) is 1. The molecule has 2 aliphatic rings. The topological polar surface area (TPSA) is 27.7 Å². The Balaban J connectivity index is 1.85. The number of nitrogens with zero attached hydrogens (tertiary/aromatic N) is 2. The minimum Gasteiger partial charge on any atom is -0.379 e. The zero-order valence-corrected chi connectivity index (χ0v) is 13.8. The molecule has 0 spiro atoms. The molecule has 2 heterocycles. The summed E-state index contributed by atoms with van der Waals surface area (Å²) in [5.41, 5.74) is 0.249. The van der Waals surface area contributed by atoms with Crippen LogP contribution in [-0.4, -0.2) is 73.9 Å². The fraction of sp³-hybridized carbons (Fsp3) is 1.00. The Hall–Kier alpha value is -0.160. The highest BCUT2D eigenvalue weighted by Crippen LogP contribution is 2.20. The van der Waals surface area contributed by atoms with E-state index in [-0.39, 0.29) is 5.54 Å². The van der Waals surface area contributed by atoms with Gasteiger partial charge in [0.1, 0.15) is 0 Å². The quantitative estimate of drug-likeness (QED) is 0.826. The van der Waals surface area contributed by atoms with Gasteiger partial charge in [-0.2, -0.15) is 0 Å². The first-order chi connectivity index (χ1) is 9.46. The van der Waals surface area contributed by atoms with Gasteiger partial charge >= 0.3 is 0 Å². The van der Waals surface area contributed by atoms with Crippen LogP contribution in [0.2, 0.25) is 0 Å². The molecule has 1 unspecified atom stereocenters. The van der Waals surface area contributed by atoms with Crippen LogP contribution in [0.1, 0.15) is 34.1 Å². The summed E-state index contributed by atoms with van der Waals surface area (Å²) in [6, 6.07) is 0.698. The smallest absolute Gasteiger partial charge is 0.0594 e. The largest absolute Gasteiger partial charge is 0.379 e. The molecule has 0 aromatic carbocycles. The van der Waals surface area contributed by atoms with Crippen LogP contribution in [0.5, 0.6) is 0 Å². The first-order valence-electron chi connectivity index (χ1n) is 8.25. The van der Waals surface area contributed by atoms with Crippen molar-refractivity contribution in [3.05, 3.63) is 0 Å². The molecule has 0 aromatic rings. The standard InChI is InChI=1S/C16H33N3O/c1-14(2)11-15-12-17-16(3,4)13-19(15)6-5-18-7-9-20-10-8-18/h14-15,17H,5-13H2,1-4H3. The van der Waals surface area contributed by atoms with E-state index < -0.39 is 0 Å². The van der Waals surface area contributed by atoms with Crippen molar-refractivity contribution in [2.45, 2.75) is 45.7 Å². The van der Waals surface area contributed by atoms with E-state index in [2.05, 4.69) is 42.8 Å². The van der Waals surface area contributed by atoms with E-state index >= 15 is 0 Å². The molecule has 1 atom stereocenters. The number of hydrogen-bond donors (Lipinski definition) is 1. The van der Waals surface area contributed by atoms with Crippen LogP contribution >= 0.6 is 0 Å². The second kappa shape index (κ2) is 7.21. The third kappa shape index (κ3) is 4.99. The molecule has 2 saturated heterocycles. The molecule has 118 valence electrons. The van der Waals surface area contributed by atoms with Crippen molar-refractivity contribution in [1.82, 2.24) is 15.1 Å².